The minimum absolute atomic E-state index is 0.763. The second-order valence-corrected chi connectivity index (χ2v) is 6.15. The van der Waals surface area contributed by atoms with Crippen molar-refractivity contribution in [2.24, 2.45) is 5.92 Å². The third-order valence-electron chi connectivity index (χ3n) is 4.17. The molecule has 3 rings (SSSR count). The molecule has 0 radical (unpaired) electrons. The van der Waals surface area contributed by atoms with Crippen LogP contribution in [0.25, 0.3) is 11.0 Å². The monoisotopic (exact) mass is 291 g/mol. The fourth-order valence-electron chi connectivity index (χ4n) is 3.12. The first-order chi connectivity index (χ1) is 9.78. The van der Waals surface area contributed by atoms with E-state index in [4.69, 9.17) is 16.6 Å². The molecule has 2 heterocycles. The lowest BCUT2D eigenvalue weighted by Gasteiger charge is -2.22. The van der Waals surface area contributed by atoms with Crippen molar-refractivity contribution in [1.29, 1.82) is 0 Å². The van der Waals surface area contributed by atoms with Crippen molar-refractivity contribution in [2.75, 3.05) is 13.1 Å². The minimum atomic E-state index is 0.763. The molecule has 2 aromatic rings. The Balaban J connectivity index is 1.93. The molecule has 1 aromatic carbocycles. The smallest absolute Gasteiger partial charge is 0.110 e. The molecule has 0 unspecified atom stereocenters. The van der Waals surface area contributed by atoms with Gasteiger partial charge < -0.3 is 9.88 Å². The molecule has 1 N–H and O–H groups in total. The van der Waals surface area contributed by atoms with Crippen LogP contribution in [-0.4, -0.2) is 22.6 Å². The number of halogens is 1. The van der Waals surface area contributed by atoms with Crippen LogP contribution in [0.3, 0.4) is 0 Å². The molecule has 20 heavy (non-hydrogen) atoms. The Bertz CT molecular complexity index is 585. The normalized spacial score (nSPS) is 16.9. The fourth-order valence-corrected chi connectivity index (χ4v) is 3.29. The standard InChI is InChI=1S/C16H22ClN3/c1-2-9-20-15-11-13(17)3-4-14(15)19-16(20)10-12-5-7-18-8-6-12/h3-4,11-12,18H,2,5-10H2,1H3. The molecule has 0 bridgehead atoms. The number of aromatic nitrogens is 2. The van der Waals surface area contributed by atoms with Crippen molar-refractivity contribution in [3.8, 4) is 0 Å². The Morgan fingerprint density at radius 3 is 2.90 bits per heavy atom. The number of nitrogens with one attached hydrogen (secondary N) is 1. The summed E-state index contributed by atoms with van der Waals surface area (Å²) in [6.07, 6.45) is 4.73. The van der Waals surface area contributed by atoms with Gasteiger partial charge in [-0.25, -0.2) is 4.98 Å². The Hall–Kier alpha value is -1.06. The highest BCUT2D eigenvalue weighted by molar-refractivity contribution is 6.31. The zero-order valence-electron chi connectivity index (χ0n) is 12.0. The fraction of sp³-hybridized carbons (Fsp3) is 0.562. The summed E-state index contributed by atoms with van der Waals surface area (Å²) in [5.74, 6) is 2.00. The highest BCUT2D eigenvalue weighted by Crippen LogP contribution is 2.24. The summed E-state index contributed by atoms with van der Waals surface area (Å²) in [5, 5.41) is 4.22. The van der Waals surface area contributed by atoms with Crippen molar-refractivity contribution >= 4 is 22.6 Å². The zero-order chi connectivity index (χ0) is 13.9. The number of imidazole rings is 1. The van der Waals surface area contributed by atoms with Crippen LogP contribution in [0.2, 0.25) is 5.02 Å². The molecular formula is C16H22ClN3. The summed E-state index contributed by atoms with van der Waals surface area (Å²) in [5.41, 5.74) is 2.26. The van der Waals surface area contributed by atoms with Crippen molar-refractivity contribution in [3.63, 3.8) is 0 Å². The number of hydrogen-bond donors (Lipinski definition) is 1. The molecule has 3 nitrogen and oxygen atoms in total. The molecule has 1 aliphatic rings. The van der Waals surface area contributed by atoms with E-state index >= 15 is 0 Å². The molecule has 1 aliphatic heterocycles. The number of fused-ring (bicyclic) bond motifs is 1. The molecule has 4 heteroatoms. The zero-order valence-corrected chi connectivity index (χ0v) is 12.8. The van der Waals surface area contributed by atoms with Crippen molar-refractivity contribution in [1.82, 2.24) is 14.9 Å². The summed E-state index contributed by atoms with van der Waals surface area (Å²) in [6.45, 7) is 5.52. The van der Waals surface area contributed by atoms with Gasteiger partial charge in [-0.3, -0.25) is 0 Å². The number of rotatable bonds is 4. The highest BCUT2D eigenvalue weighted by Gasteiger charge is 2.18. The second kappa shape index (κ2) is 6.15. The molecule has 1 fully saturated rings. The summed E-state index contributed by atoms with van der Waals surface area (Å²) in [6, 6.07) is 6.02. The molecule has 0 atom stereocenters. The first-order valence-corrected chi connectivity index (χ1v) is 8.01. The lowest BCUT2D eigenvalue weighted by atomic mass is 9.94. The van der Waals surface area contributed by atoms with Crippen molar-refractivity contribution in [2.45, 2.75) is 39.2 Å². The predicted molar refractivity (Wildman–Crippen MR) is 84.3 cm³/mol. The average molecular weight is 292 g/mol. The van der Waals surface area contributed by atoms with Crippen LogP contribution in [0, 0.1) is 5.92 Å². The van der Waals surface area contributed by atoms with Crippen molar-refractivity contribution in [3.05, 3.63) is 29.0 Å². The second-order valence-electron chi connectivity index (χ2n) is 5.71. The van der Waals surface area contributed by atoms with E-state index < -0.39 is 0 Å². The molecule has 1 saturated heterocycles. The van der Waals surface area contributed by atoms with Crippen LogP contribution in [0.4, 0.5) is 0 Å². The van der Waals surface area contributed by atoms with Gasteiger partial charge in [-0.1, -0.05) is 18.5 Å². The van der Waals surface area contributed by atoms with Crippen LogP contribution >= 0.6 is 11.6 Å². The number of piperidine rings is 1. The highest BCUT2D eigenvalue weighted by atomic mass is 35.5. The van der Waals surface area contributed by atoms with Gasteiger partial charge in [0.15, 0.2) is 0 Å². The van der Waals surface area contributed by atoms with E-state index in [9.17, 15) is 0 Å². The number of benzene rings is 1. The van der Waals surface area contributed by atoms with Crippen molar-refractivity contribution < 1.29 is 0 Å². The van der Waals surface area contributed by atoms with Gasteiger partial charge in [0.25, 0.3) is 0 Å². The van der Waals surface area contributed by atoms with E-state index in [1.165, 1.54) is 24.2 Å². The van der Waals surface area contributed by atoms with Gasteiger partial charge in [0.05, 0.1) is 11.0 Å². The maximum absolute atomic E-state index is 6.14. The van der Waals surface area contributed by atoms with Crippen LogP contribution < -0.4 is 5.32 Å². The lowest BCUT2D eigenvalue weighted by Crippen LogP contribution is -2.29. The number of nitrogens with zero attached hydrogens (tertiary/aromatic N) is 2. The third-order valence-corrected chi connectivity index (χ3v) is 4.40. The Labute approximate surface area is 125 Å². The predicted octanol–water partition coefficient (Wildman–Crippen LogP) is 3.64. The first-order valence-electron chi connectivity index (χ1n) is 7.63. The lowest BCUT2D eigenvalue weighted by molar-refractivity contribution is 0.363. The maximum atomic E-state index is 6.14. The van der Waals surface area contributed by atoms with E-state index in [0.717, 1.165) is 48.9 Å². The molecule has 0 aliphatic carbocycles. The summed E-state index contributed by atoms with van der Waals surface area (Å²) in [7, 11) is 0. The first kappa shape index (κ1) is 13.9. The molecule has 1 aromatic heterocycles. The van der Waals surface area contributed by atoms with E-state index in [1.807, 2.05) is 18.2 Å². The quantitative estimate of drug-likeness (QED) is 0.932. The topological polar surface area (TPSA) is 29.9 Å². The van der Waals surface area contributed by atoms with Gasteiger partial charge in [0, 0.05) is 18.0 Å². The van der Waals surface area contributed by atoms with Gasteiger partial charge in [0.1, 0.15) is 5.82 Å². The molecule has 0 amide bonds. The Morgan fingerprint density at radius 2 is 2.15 bits per heavy atom. The third kappa shape index (κ3) is 2.84. The van der Waals surface area contributed by atoms with E-state index in [-0.39, 0.29) is 0 Å². The van der Waals surface area contributed by atoms with E-state index in [0.29, 0.717) is 0 Å². The largest absolute Gasteiger partial charge is 0.328 e. The van der Waals surface area contributed by atoms with Crippen LogP contribution in [0.5, 0.6) is 0 Å². The van der Waals surface area contributed by atoms with Gasteiger partial charge in [0.2, 0.25) is 0 Å². The minimum Gasteiger partial charge on any atom is -0.328 e. The molecule has 108 valence electrons. The Kier molecular flexibility index (Phi) is 4.27. The van der Waals surface area contributed by atoms with Gasteiger partial charge in [-0.05, 0) is 56.5 Å². The van der Waals surface area contributed by atoms with Gasteiger partial charge in [-0.2, -0.15) is 0 Å². The number of aryl methyl sites for hydroxylation is 1. The van der Waals surface area contributed by atoms with Gasteiger partial charge in [-0.15, -0.1) is 0 Å². The summed E-state index contributed by atoms with van der Waals surface area (Å²) >= 11 is 6.14. The van der Waals surface area contributed by atoms with Crippen LogP contribution in [0.1, 0.15) is 32.0 Å². The van der Waals surface area contributed by atoms with Crippen LogP contribution in [-0.2, 0) is 13.0 Å². The molecular weight excluding hydrogens is 270 g/mol. The molecule has 0 saturated carbocycles. The van der Waals surface area contributed by atoms with E-state index in [2.05, 4.69) is 16.8 Å². The Morgan fingerprint density at radius 1 is 1.35 bits per heavy atom. The average Bonchev–Trinajstić information content (AvgIpc) is 2.78. The number of hydrogen-bond acceptors (Lipinski definition) is 2. The molecule has 0 spiro atoms. The van der Waals surface area contributed by atoms with Gasteiger partial charge >= 0.3 is 0 Å². The van der Waals surface area contributed by atoms with E-state index in [1.54, 1.807) is 0 Å². The summed E-state index contributed by atoms with van der Waals surface area (Å²) in [4.78, 5) is 4.85. The summed E-state index contributed by atoms with van der Waals surface area (Å²) < 4.78 is 2.36. The maximum Gasteiger partial charge on any atom is 0.110 e. The van der Waals surface area contributed by atoms with Crippen LogP contribution in [0.15, 0.2) is 18.2 Å². The SMILES string of the molecule is CCCn1c(CC2CCNCC2)nc2ccc(Cl)cc21.